The standard InChI is InChI=1S/C34H38S2/c1-20-18-27-28(19-24-14-11-16-25(24)30(27)23-12-7-6-8-13-23)33(20)36(4,5)34-22(3)21(2)32-31(34)26-15-9-10-17-29(26)35-32/h6-10,12-13,15,17,19-22,32-33H,11,14,16,18H2,1-5H3. The molecule has 36 heavy (non-hydrogen) atoms. The maximum atomic E-state index is 2.69. The Morgan fingerprint density at radius 3 is 2.42 bits per heavy atom. The van der Waals surface area contributed by atoms with Crippen molar-refractivity contribution in [2.75, 3.05) is 12.5 Å². The molecule has 186 valence electrons. The third-order valence-corrected chi connectivity index (χ3v) is 15.1. The van der Waals surface area contributed by atoms with E-state index in [1.54, 1.807) is 39.0 Å². The van der Waals surface area contributed by atoms with Gasteiger partial charge >= 0.3 is 0 Å². The Kier molecular flexibility index (Phi) is 5.36. The average Bonchev–Trinajstić information content (AvgIpc) is 3.61. The summed E-state index contributed by atoms with van der Waals surface area (Å²) in [6, 6.07) is 23.3. The zero-order valence-electron chi connectivity index (χ0n) is 22.3. The van der Waals surface area contributed by atoms with Crippen LogP contribution in [-0.4, -0.2) is 17.8 Å². The van der Waals surface area contributed by atoms with Crippen molar-refractivity contribution >= 4 is 27.4 Å². The second-order valence-corrected chi connectivity index (χ2v) is 17.1. The summed E-state index contributed by atoms with van der Waals surface area (Å²) in [6.45, 7) is 7.62. The lowest BCUT2D eigenvalue weighted by Crippen LogP contribution is -2.19. The monoisotopic (exact) mass is 510 g/mol. The van der Waals surface area contributed by atoms with Crippen LogP contribution in [0.5, 0.6) is 0 Å². The fourth-order valence-electron chi connectivity index (χ4n) is 8.30. The SMILES string of the molecule is CC1Cc2c(cc3c(c2-c2ccccc2)CCC3)C1S(C)(C)C1=C2c3ccccc3SC2C(C)C1C. The average molecular weight is 511 g/mol. The number of allylic oxidation sites excluding steroid dienone is 1. The van der Waals surface area contributed by atoms with Crippen molar-refractivity contribution in [1.82, 2.24) is 0 Å². The number of hydrogen-bond donors (Lipinski definition) is 0. The molecule has 5 atom stereocenters. The maximum absolute atomic E-state index is 2.69. The molecular weight excluding hydrogens is 473 g/mol. The number of aryl methyl sites for hydroxylation is 1. The van der Waals surface area contributed by atoms with Crippen molar-refractivity contribution in [2.45, 2.75) is 61.8 Å². The van der Waals surface area contributed by atoms with Crippen molar-refractivity contribution in [3.05, 3.63) is 93.4 Å². The minimum Gasteiger partial charge on any atom is -0.216 e. The van der Waals surface area contributed by atoms with Crippen LogP contribution in [0.4, 0.5) is 0 Å². The van der Waals surface area contributed by atoms with Crippen LogP contribution in [0.15, 0.2) is 70.5 Å². The van der Waals surface area contributed by atoms with Crippen LogP contribution in [0.25, 0.3) is 16.7 Å². The Morgan fingerprint density at radius 2 is 1.61 bits per heavy atom. The van der Waals surface area contributed by atoms with Crippen LogP contribution >= 0.6 is 21.8 Å². The lowest BCUT2D eigenvalue weighted by molar-refractivity contribution is 0.502. The molecule has 0 aromatic heterocycles. The van der Waals surface area contributed by atoms with Gasteiger partial charge in [0.2, 0.25) is 0 Å². The fourth-order valence-corrected chi connectivity index (χ4v) is 14.3. The lowest BCUT2D eigenvalue weighted by Gasteiger charge is -2.45. The molecule has 1 heterocycles. The molecule has 1 aliphatic heterocycles. The van der Waals surface area contributed by atoms with Crippen LogP contribution in [0.2, 0.25) is 0 Å². The van der Waals surface area contributed by atoms with E-state index in [2.05, 4.69) is 106 Å². The first-order chi connectivity index (χ1) is 17.4. The van der Waals surface area contributed by atoms with E-state index in [-0.39, 0.29) is 0 Å². The Labute approximate surface area is 223 Å². The molecule has 4 aliphatic rings. The number of rotatable bonds is 3. The molecule has 7 rings (SSSR count). The third-order valence-electron chi connectivity index (χ3n) is 9.82. The molecule has 0 radical (unpaired) electrons. The van der Waals surface area contributed by atoms with Gasteiger partial charge in [-0.25, -0.2) is 10.0 Å². The Hall–Kier alpha value is -1.90. The minimum absolute atomic E-state index is 0.634. The van der Waals surface area contributed by atoms with Gasteiger partial charge in [0.1, 0.15) is 0 Å². The molecule has 0 spiro atoms. The first-order valence-corrected chi connectivity index (χ1v) is 17.2. The predicted octanol–water partition coefficient (Wildman–Crippen LogP) is 9.31. The fraction of sp³-hybridized carbons (Fsp3) is 0.412. The van der Waals surface area contributed by atoms with E-state index in [9.17, 15) is 0 Å². The van der Waals surface area contributed by atoms with Gasteiger partial charge in [-0.05, 0) is 111 Å². The zero-order chi connectivity index (χ0) is 24.8. The first kappa shape index (κ1) is 23.2. The van der Waals surface area contributed by atoms with E-state index in [0.29, 0.717) is 28.3 Å². The van der Waals surface area contributed by atoms with Gasteiger partial charge in [-0.1, -0.05) is 75.4 Å². The summed E-state index contributed by atoms with van der Waals surface area (Å²) in [5.74, 6) is 2.05. The summed E-state index contributed by atoms with van der Waals surface area (Å²) in [4.78, 5) is 3.34. The summed E-state index contributed by atoms with van der Waals surface area (Å²) in [6.07, 6.45) is 10.4. The normalized spacial score (nSPS) is 28.8. The van der Waals surface area contributed by atoms with E-state index >= 15 is 0 Å². The number of thioether (sulfide) groups is 1. The topological polar surface area (TPSA) is 0 Å². The number of hydrogen-bond acceptors (Lipinski definition) is 1. The van der Waals surface area contributed by atoms with Gasteiger partial charge in [0.15, 0.2) is 0 Å². The molecule has 2 heteroatoms. The van der Waals surface area contributed by atoms with Gasteiger partial charge in [0.05, 0.1) is 0 Å². The van der Waals surface area contributed by atoms with Crippen molar-refractivity contribution in [3.63, 3.8) is 0 Å². The summed E-state index contributed by atoms with van der Waals surface area (Å²) in [7, 11) is -1.03. The van der Waals surface area contributed by atoms with E-state index in [1.165, 1.54) is 36.1 Å². The molecule has 0 amide bonds. The molecular formula is C34H38S2. The maximum Gasteiger partial charge on any atom is 0.0389 e. The largest absolute Gasteiger partial charge is 0.216 e. The van der Waals surface area contributed by atoms with Gasteiger partial charge in [-0.3, -0.25) is 0 Å². The van der Waals surface area contributed by atoms with Gasteiger partial charge in [-0.2, -0.15) is 0 Å². The predicted molar refractivity (Wildman–Crippen MR) is 160 cm³/mol. The minimum atomic E-state index is -1.03. The van der Waals surface area contributed by atoms with Crippen LogP contribution in [0, 0.1) is 17.8 Å². The van der Waals surface area contributed by atoms with Crippen molar-refractivity contribution in [1.29, 1.82) is 0 Å². The quantitative estimate of drug-likeness (QED) is 0.338. The first-order valence-electron chi connectivity index (χ1n) is 13.8. The van der Waals surface area contributed by atoms with Crippen LogP contribution < -0.4 is 0 Å². The Bertz CT molecular complexity index is 1400. The Balaban J connectivity index is 1.43. The van der Waals surface area contributed by atoms with Crippen LogP contribution in [0.3, 0.4) is 0 Å². The van der Waals surface area contributed by atoms with Crippen molar-refractivity contribution in [3.8, 4) is 11.1 Å². The molecule has 5 unspecified atom stereocenters. The zero-order valence-corrected chi connectivity index (χ0v) is 23.9. The summed E-state index contributed by atoms with van der Waals surface area (Å²) < 4.78 is 0. The van der Waals surface area contributed by atoms with Gasteiger partial charge in [-0.15, -0.1) is 11.8 Å². The second-order valence-electron chi connectivity index (χ2n) is 12.1. The third kappa shape index (κ3) is 3.16. The van der Waals surface area contributed by atoms with E-state index in [1.807, 2.05) is 4.91 Å². The van der Waals surface area contributed by atoms with Gasteiger partial charge in [0, 0.05) is 15.4 Å². The molecule has 3 aromatic carbocycles. The lowest BCUT2D eigenvalue weighted by atomic mass is 9.89. The molecule has 0 saturated carbocycles. The van der Waals surface area contributed by atoms with E-state index < -0.39 is 10.0 Å². The summed E-state index contributed by atoms with van der Waals surface area (Å²) >= 11 is 2.14. The number of benzene rings is 3. The van der Waals surface area contributed by atoms with Crippen LogP contribution in [-0.2, 0) is 19.3 Å². The molecule has 0 N–H and O–H groups in total. The highest BCUT2D eigenvalue weighted by Gasteiger charge is 2.50. The molecule has 3 aliphatic carbocycles. The molecule has 0 saturated heterocycles. The molecule has 0 fully saturated rings. The van der Waals surface area contributed by atoms with Crippen LogP contribution in [0.1, 0.15) is 60.3 Å². The Morgan fingerprint density at radius 1 is 0.861 bits per heavy atom. The van der Waals surface area contributed by atoms with Gasteiger partial charge < -0.3 is 0 Å². The highest BCUT2D eigenvalue weighted by Crippen LogP contribution is 2.74. The van der Waals surface area contributed by atoms with Crippen molar-refractivity contribution < 1.29 is 0 Å². The molecule has 3 aromatic rings. The highest BCUT2D eigenvalue weighted by atomic mass is 32.3. The molecule has 0 bridgehead atoms. The van der Waals surface area contributed by atoms with Crippen molar-refractivity contribution in [2.24, 2.45) is 17.8 Å². The summed E-state index contributed by atoms with van der Waals surface area (Å²) in [5.41, 5.74) is 13.0. The summed E-state index contributed by atoms with van der Waals surface area (Å²) in [5, 5.41) is 1.28. The van der Waals surface area contributed by atoms with E-state index in [0.717, 1.165) is 0 Å². The van der Waals surface area contributed by atoms with Gasteiger partial charge in [0.25, 0.3) is 0 Å². The molecule has 0 nitrogen and oxygen atoms in total. The smallest absolute Gasteiger partial charge is 0.0389 e. The number of fused-ring (bicyclic) bond motifs is 5. The highest BCUT2D eigenvalue weighted by molar-refractivity contribution is 8.36. The van der Waals surface area contributed by atoms with E-state index in [4.69, 9.17) is 0 Å². The second kappa shape index (κ2) is 8.30.